The van der Waals surface area contributed by atoms with E-state index >= 15 is 0 Å². The quantitative estimate of drug-likeness (QED) is 0.744. The van der Waals surface area contributed by atoms with Gasteiger partial charge in [0.2, 0.25) is 5.91 Å². The molecule has 0 bridgehead atoms. The first kappa shape index (κ1) is 17.7. The second-order valence-electron chi connectivity index (χ2n) is 5.54. The van der Waals surface area contributed by atoms with Crippen LogP contribution in [0.5, 0.6) is 0 Å². The van der Waals surface area contributed by atoms with Gasteiger partial charge in [-0.15, -0.1) is 0 Å². The largest absolute Gasteiger partial charge is 0.277 e. The van der Waals surface area contributed by atoms with Crippen molar-refractivity contribution >= 4 is 17.5 Å². The number of hydrazine groups is 1. The van der Waals surface area contributed by atoms with E-state index in [1.807, 2.05) is 55.5 Å². The Morgan fingerprint density at radius 3 is 2.00 bits per heavy atom. The maximum atomic E-state index is 13.1. The Morgan fingerprint density at radius 1 is 0.875 bits per heavy atom. The van der Waals surface area contributed by atoms with Crippen LogP contribution in [0.25, 0.3) is 0 Å². The van der Waals surface area contributed by atoms with E-state index < -0.39 is 0 Å². The number of carbonyl (C=O) groups excluding carboxylic acids is 2. The van der Waals surface area contributed by atoms with E-state index in [4.69, 9.17) is 0 Å². The molecule has 0 heterocycles. The van der Waals surface area contributed by atoms with Gasteiger partial charge in [0.25, 0.3) is 5.91 Å². The van der Waals surface area contributed by atoms with Crippen LogP contribution in [-0.4, -0.2) is 23.4 Å². The van der Waals surface area contributed by atoms with E-state index in [0.29, 0.717) is 24.2 Å². The second kappa shape index (κ2) is 8.87. The molecule has 0 unspecified atom stereocenters. The molecule has 0 radical (unpaired) electrons. The zero-order valence-electron chi connectivity index (χ0n) is 14.3. The molecular formula is C20H24N2O2. The van der Waals surface area contributed by atoms with Crippen LogP contribution >= 0.6 is 0 Å². The highest BCUT2D eigenvalue weighted by Gasteiger charge is 2.27. The Morgan fingerprint density at radius 2 is 1.46 bits per heavy atom. The van der Waals surface area contributed by atoms with Crippen molar-refractivity contribution in [1.29, 1.82) is 0 Å². The van der Waals surface area contributed by atoms with Crippen LogP contribution < -0.4 is 5.01 Å². The summed E-state index contributed by atoms with van der Waals surface area (Å²) in [4.78, 5) is 25.6. The molecule has 0 aliphatic carbocycles. The number of nitrogens with zero attached hydrogens (tertiary/aromatic N) is 2. The van der Waals surface area contributed by atoms with E-state index in [-0.39, 0.29) is 11.8 Å². The van der Waals surface area contributed by atoms with Crippen molar-refractivity contribution in [3.05, 3.63) is 66.2 Å². The minimum Gasteiger partial charge on any atom is -0.273 e. The molecule has 0 aliphatic rings. The predicted molar refractivity (Wildman–Crippen MR) is 96.6 cm³/mol. The second-order valence-corrected chi connectivity index (χ2v) is 5.54. The number of carbonyl (C=O) groups is 2. The third-order valence-electron chi connectivity index (χ3n) is 3.77. The van der Waals surface area contributed by atoms with E-state index in [9.17, 15) is 9.59 Å². The molecule has 0 fully saturated rings. The van der Waals surface area contributed by atoms with Crippen molar-refractivity contribution in [2.45, 2.75) is 33.1 Å². The smallest absolute Gasteiger partial charge is 0.273 e. The minimum atomic E-state index is -0.195. The van der Waals surface area contributed by atoms with E-state index in [1.54, 1.807) is 17.1 Å². The highest BCUT2D eigenvalue weighted by Crippen LogP contribution is 2.21. The van der Waals surface area contributed by atoms with Crippen molar-refractivity contribution in [3.63, 3.8) is 0 Å². The molecule has 126 valence electrons. The summed E-state index contributed by atoms with van der Waals surface area (Å²) in [6, 6.07) is 18.4. The van der Waals surface area contributed by atoms with Crippen molar-refractivity contribution in [2.24, 2.45) is 0 Å². The number of unbranched alkanes of at least 4 members (excludes halogenated alkanes) is 1. The van der Waals surface area contributed by atoms with Gasteiger partial charge in [-0.2, -0.15) is 0 Å². The third kappa shape index (κ3) is 4.22. The van der Waals surface area contributed by atoms with Crippen LogP contribution in [0.2, 0.25) is 0 Å². The molecule has 2 rings (SSSR count). The summed E-state index contributed by atoms with van der Waals surface area (Å²) in [6.07, 6.45) is 2.15. The Hall–Kier alpha value is -2.62. The molecular weight excluding hydrogens is 300 g/mol. The van der Waals surface area contributed by atoms with Gasteiger partial charge in [0, 0.05) is 18.5 Å². The number of benzene rings is 2. The highest BCUT2D eigenvalue weighted by atomic mass is 16.2. The summed E-state index contributed by atoms with van der Waals surface area (Å²) in [6.45, 7) is 4.41. The molecule has 2 aromatic carbocycles. The Labute approximate surface area is 143 Å². The molecule has 0 atom stereocenters. The fourth-order valence-electron chi connectivity index (χ4n) is 2.47. The number of anilines is 1. The van der Waals surface area contributed by atoms with E-state index in [1.165, 1.54) is 5.01 Å². The fraction of sp³-hybridized carbons (Fsp3) is 0.300. The molecule has 24 heavy (non-hydrogen) atoms. The maximum Gasteiger partial charge on any atom is 0.277 e. The van der Waals surface area contributed by atoms with Gasteiger partial charge in [-0.1, -0.05) is 56.7 Å². The van der Waals surface area contributed by atoms with Crippen LogP contribution in [0, 0.1) is 0 Å². The average molecular weight is 324 g/mol. The summed E-state index contributed by atoms with van der Waals surface area (Å²) in [7, 11) is 0. The van der Waals surface area contributed by atoms with Crippen molar-refractivity contribution in [1.82, 2.24) is 5.01 Å². The Balaban J connectivity index is 2.44. The molecule has 0 aliphatic heterocycles. The van der Waals surface area contributed by atoms with Crippen LogP contribution in [0.3, 0.4) is 0 Å². The van der Waals surface area contributed by atoms with Crippen molar-refractivity contribution in [3.8, 4) is 0 Å². The SMILES string of the molecule is CCCCN(C(=O)CC)N(C(=O)c1ccccc1)c1ccccc1. The zero-order valence-corrected chi connectivity index (χ0v) is 14.3. The lowest BCUT2D eigenvalue weighted by molar-refractivity contribution is -0.131. The van der Waals surface area contributed by atoms with Gasteiger partial charge < -0.3 is 0 Å². The summed E-state index contributed by atoms with van der Waals surface area (Å²) >= 11 is 0. The zero-order chi connectivity index (χ0) is 17.4. The third-order valence-corrected chi connectivity index (χ3v) is 3.77. The molecule has 4 heteroatoms. The summed E-state index contributed by atoms with van der Waals surface area (Å²) in [5.74, 6) is -0.253. The van der Waals surface area contributed by atoms with Crippen molar-refractivity contribution < 1.29 is 9.59 Å². The van der Waals surface area contributed by atoms with Gasteiger partial charge in [0.15, 0.2) is 0 Å². The number of amides is 2. The lowest BCUT2D eigenvalue weighted by Crippen LogP contribution is -2.50. The molecule has 0 saturated heterocycles. The minimum absolute atomic E-state index is 0.0587. The lowest BCUT2D eigenvalue weighted by atomic mass is 10.2. The number of para-hydroxylation sites is 1. The predicted octanol–water partition coefficient (Wildman–Crippen LogP) is 4.29. The van der Waals surface area contributed by atoms with Gasteiger partial charge in [0.05, 0.1) is 5.69 Å². The number of rotatable bonds is 6. The molecule has 0 spiro atoms. The summed E-state index contributed by atoms with van der Waals surface area (Å²) in [5.41, 5.74) is 1.26. The molecule has 0 saturated carbocycles. The van der Waals surface area contributed by atoms with Crippen LogP contribution in [0.1, 0.15) is 43.5 Å². The first-order chi connectivity index (χ1) is 11.7. The average Bonchev–Trinajstić information content (AvgIpc) is 2.65. The molecule has 4 nitrogen and oxygen atoms in total. The topological polar surface area (TPSA) is 40.6 Å². The first-order valence-electron chi connectivity index (χ1n) is 8.43. The molecule has 2 aromatic rings. The molecule has 2 amide bonds. The van der Waals surface area contributed by atoms with E-state index in [2.05, 4.69) is 6.92 Å². The van der Waals surface area contributed by atoms with Gasteiger partial charge >= 0.3 is 0 Å². The monoisotopic (exact) mass is 324 g/mol. The molecule has 0 aromatic heterocycles. The maximum absolute atomic E-state index is 13.1. The first-order valence-corrected chi connectivity index (χ1v) is 8.43. The number of hydrogen-bond acceptors (Lipinski definition) is 2. The highest BCUT2D eigenvalue weighted by molar-refractivity contribution is 6.07. The summed E-state index contributed by atoms with van der Waals surface area (Å²) in [5, 5.41) is 3.09. The van der Waals surface area contributed by atoms with E-state index in [0.717, 1.165) is 12.8 Å². The summed E-state index contributed by atoms with van der Waals surface area (Å²) < 4.78 is 0. The van der Waals surface area contributed by atoms with Gasteiger partial charge in [-0.25, -0.2) is 10.0 Å². The van der Waals surface area contributed by atoms with Crippen LogP contribution in [0.4, 0.5) is 5.69 Å². The normalized spacial score (nSPS) is 10.2. The number of hydrogen-bond donors (Lipinski definition) is 0. The Bertz CT molecular complexity index is 656. The van der Waals surface area contributed by atoms with Gasteiger partial charge in [-0.3, -0.25) is 9.59 Å². The lowest BCUT2D eigenvalue weighted by Gasteiger charge is -2.35. The standard InChI is InChI=1S/C20H24N2O2/c1-3-5-16-21(19(23)4-2)22(18-14-10-7-11-15-18)20(24)17-12-8-6-9-13-17/h6-15H,3-5,16H2,1-2H3. The van der Waals surface area contributed by atoms with Crippen LogP contribution in [-0.2, 0) is 4.79 Å². The Kier molecular flexibility index (Phi) is 6.55. The molecule has 0 N–H and O–H groups in total. The fourth-order valence-corrected chi connectivity index (χ4v) is 2.47. The van der Waals surface area contributed by atoms with Crippen LogP contribution in [0.15, 0.2) is 60.7 Å². The van der Waals surface area contributed by atoms with Gasteiger partial charge in [-0.05, 0) is 30.7 Å². The van der Waals surface area contributed by atoms with Crippen molar-refractivity contribution in [2.75, 3.05) is 11.6 Å². The van der Waals surface area contributed by atoms with Gasteiger partial charge in [0.1, 0.15) is 0 Å².